The van der Waals surface area contributed by atoms with Crippen LogP contribution in [0.4, 0.5) is 8.78 Å². The lowest BCUT2D eigenvalue weighted by molar-refractivity contribution is -0.125. The second-order valence-electron chi connectivity index (χ2n) is 10.2. The third kappa shape index (κ3) is 5.16. The second-order valence-corrected chi connectivity index (χ2v) is 10.6. The third-order valence-corrected chi connectivity index (χ3v) is 8.10. The predicted molar refractivity (Wildman–Crippen MR) is 147 cm³/mol. The fraction of sp³-hybridized carbons (Fsp3) is 0.345. The Labute approximate surface area is 245 Å². The zero-order valence-corrected chi connectivity index (χ0v) is 23.7. The number of alkyl halides is 2. The number of rotatable bonds is 6. The van der Waals surface area contributed by atoms with Gasteiger partial charge < -0.3 is 19.9 Å². The van der Waals surface area contributed by atoms with Crippen LogP contribution in [-0.4, -0.2) is 63.5 Å². The molecule has 0 saturated carbocycles. The lowest BCUT2D eigenvalue weighted by Gasteiger charge is -2.38. The van der Waals surface area contributed by atoms with Crippen LogP contribution in [0.5, 0.6) is 5.75 Å². The van der Waals surface area contributed by atoms with Crippen molar-refractivity contribution in [2.24, 2.45) is 0 Å². The summed E-state index contributed by atoms with van der Waals surface area (Å²) in [7, 11) is 1.50. The van der Waals surface area contributed by atoms with Crippen LogP contribution in [0.1, 0.15) is 69.2 Å². The minimum atomic E-state index is -2.96. The molecule has 2 aromatic carbocycles. The first-order valence-electron chi connectivity index (χ1n) is 13.2. The van der Waals surface area contributed by atoms with Gasteiger partial charge in [-0.25, -0.2) is 4.68 Å². The zero-order valence-electron chi connectivity index (χ0n) is 23.0. The minimum Gasteiger partial charge on any atom is -0.435 e. The van der Waals surface area contributed by atoms with Gasteiger partial charge in [-0.05, 0) is 49.7 Å². The number of ether oxygens (including phenoxy) is 1. The van der Waals surface area contributed by atoms with Crippen molar-refractivity contribution in [1.29, 1.82) is 5.26 Å². The molecule has 1 N–H and O–H groups in total. The van der Waals surface area contributed by atoms with E-state index in [1.165, 1.54) is 36.0 Å². The number of amides is 3. The molecular formula is C29H27ClF2N6O4. The van der Waals surface area contributed by atoms with Crippen LogP contribution in [0.15, 0.2) is 42.5 Å². The van der Waals surface area contributed by atoms with Crippen LogP contribution in [0.3, 0.4) is 0 Å². The minimum absolute atomic E-state index is 0.0113. The Balaban J connectivity index is 1.50. The van der Waals surface area contributed by atoms with Gasteiger partial charge in [0.1, 0.15) is 23.6 Å². The first-order chi connectivity index (χ1) is 20.0. The molecule has 10 nitrogen and oxygen atoms in total. The van der Waals surface area contributed by atoms with E-state index in [4.69, 9.17) is 11.6 Å². The SMILES string of the molecule is CNC(=O)[C@H]1CN([C@@H](C)c2ccc(OC(F)F)cc2)C(=O)c2c3c(nn21)C[C@@H](C)N(C(=O)c1ccc(Cl)c(C#N)c1)C3. The number of halogens is 3. The van der Waals surface area contributed by atoms with Gasteiger partial charge in [0.15, 0.2) is 0 Å². The van der Waals surface area contributed by atoms with Crippen molar-refractivity contribution in [2.75, 3.05) is 13.6 Å². The number of likely N-dealkylation sites (N-methyl/N-ethyl adjacent to an activating group) is 1. The normalized spacial score (nSPS) is 18.7. The molecule has 0 aliphatic carbocycles. The highest BCUT2D eigenvalue weighted by atomic mass is 35.5. The van der Waals surface area contributed by atoms with Crippen LogP contribution < -0.4 is 10.1 Å². The lowest BCUT2D eigenvalue weighted by atomic mass is 9.96. The molecular weight excluding hydrogens is 570 g/mol. The van der Waals surface area contributed by atoms with E-state index < -0.39 is 18.7 Å². The monoisotopic (exact) mass is 596 g/mol. The Bertz CT molecular complexity index is 1600. The number of nitriles is 1. The summed E-state index contributed by atoms with van der Waals surface area (Å²) in [4.78, 5) is 43.8. The summed E-state index contributed by atoms with van der Waals surface area (Å²) >= 11 is 6.06. The van der Waals surface area contributed by atoms with Crippen molar-refractivity contribution >= 4 is 29.3 Å². The fourth-order valence-corrected chi connectivity index (χ4v) is 5.64. The number of benzene rings is 2. The standard InChI is InChI=1S/C29H27ClF2N6O4/c1-15-10-23-21(13-36(15)27(40)18-6-9-22(30)19(11-18)12-33)25-28(41)37(14-24(26(39)34-3)38(25)35-23)16(2)17-4-7-20(8-5-17)42-29(31)32/h4-9,11,15-16,24,29H,10,13-14H2,1-3H3,(H,34,39)/t15-,16+,24-/m1/s1. The summed E-state index contributed by atoms with van der Waals surface area (Å²) < 4.78 is 31.1. The molecule has 5 rings (SSSR count). The molecule has 0 bridgehead atoms. The Kier molecular flexibility index (Phi) is 7.88. The van der Waals surface area contributed by atoms with Crippen LogP contribution in [0.2, 0.25) is 5.02 Å². The predicted octanol–water partition coefficient (Wildman–Crippen LogP) is 4.10. The molecule has 0 fully saturated rings. The third-order valence-electron chi connectivity index (χ3n) is 7.77. The van der Waals surface area contributed by atoms with E-state index in [9.17, 15) is 28.4 Å². The molecule has 0 radical (unpaired) electrons. The van der Waals surface area contributed by atoms with Crippen molar-refractivity contribution in [3.8, 4) is 11.8 Å². The maximum Gasteiger partial charge on any atom is 0.387 e. The van der Waals surface area contributed by atoms with Crippen LogP contribution in [-0.2, 0) is 17.8 Å². The van der Waals surface area contributed by atoms with Gasteiger partial charge >= 0.3 is 6.61 Å². The Hall–Kier alpha value is -4.50. The van der Waals surface area contributed by atoms with Gasteiger partial charge in [0.2, 0.25) is 5.91 Å². The first-order valence-corrected chi connectivity index (χ1v) is 13.6. The molecule has 2 aliphatic heterocycles. The van der Waals surface area contributed by atoms with Crippen molar-refractivity contribution < 1.29 is 27.9 Å². The van der Waals surface area contributed by atoms with Crippen LogP contribution in [0, 0.1) is 11.3 Å². The number of hydrogen-bond donors (Lipinski definition) is 1. The number of hydrogen-bond acceptors (Lipinski definition) is 6. The topological polar surface area (TPSA) is 121 Å². The molecule has 42 heavy (non-hydrogen) atoms. The summed E-state index contributed by atoms with van der Waals surface area (Å²) in [5.74, 6) is -1.05. The molecule has 218 valence electrons. The molecule has 0 unspecified atom stereocenters. The molecule has 3 heterocycles. The first kappa shape index (κ1) is 29.0. The molecule has 2 aliphatic rings. The number of aromatic nitrogens is 2. The maximum absolute atomic E-state index is 14.0. The number of nitrogens with zero attached hydrogens (tertiary/aromatic N) is 5. The molecule has 3 amide bonds. The number of carbonyl (C=O) groups excluding carboxylic acids is 3. The number of nitrogens with one attached hydrogen (secondary N) is 1. The van der Waals surface area contributed by atoms with E-state index in [0.717, 1.165) is 0 Å². The van der Waals surface area contributed by atoms with Gasteiger partial charge in [-0.3, -0.25) is 14.4 Å². The average Bonchev–Trinajstić information content (AvgIpc) is 3.34. The van der Waals surface area contributed by atoms with E-state index in [2.05, 4.69) is 15.2 Å². The molecule has 0 saturated heterocycles. The molecule has 3 atom stereocenters. The van der Waals surface area contributed by atoms with Crippen molar-refractivity contribution in [3.05, 3.63) is 81.1 Å². The molecule has 3 aromatic rings. The van der Waals surface area contributed by atoms with E-state index in [1.807, 2.05) is 13.0 Å². The van der Waals surface area contributed by atoms with E-state index in [1.54, 1.807) is 34.9 Å². The zero-order chi connectivity index (χ0) is 30.3. The maximum atomic E-state index is 14.0. The van der Waals surface area contributed by atoms with Gasteiger partial charge in [-0.2, -0.15) is 19.1 Å². The lowest BCUT2D eigenvalue weighted by Crippen LogP contribution is -2.49. The van der Waals surface area contributed by atoms with Gasteiger partial charge in [0.05, 0.1) is 35.4 Å². The van der Waals surface area contributed by atoms with E-state index in [-0.39, 0.29) is 64.4 Å². The number of fused-ring (bicyclic) bond motifs is 3. The fourth-order valence-electron chi connectivity index (χ4n) is 5.48. The highest BCUT2D eigenvalue weighted by Crippen LogP contribution is 2.36. The Morgan fingerprint density at radius 2 is 1.93 bits per heavy atom. The summed E-state index contributed by atoms with van der Waals surface area (Å²) in [6, 6.07) is 10.8. The van der Waals surface area contributed by atoms with Crippen LogP contribution >= 0.6 is 11.6 Å². The summed E-state index contributed by atoms with van der Waals surface area (Å²) in [6.07, 6.45) is 0.356. The summed E-state index contributed by atoms with van der Waals surface area (Å²) in [5.41, 5.74) is 2.51. The highest BCUT2D eigenvalue weighted by molar-refractivity contribution is 6.31. The van der Waals surface area contributed by atoms with Crippen LogP contribution in [0.25, 0.3) is 0 Å². The van der Waals surface area contributed by atoms with Gasteiger partial charge in [0, 0.05) is 30.6 Å². The molecule has 13 heteroatoms. The molecule has 0 spiro atoms. The van der Waals surface area contributed by atoms with E-state index >= 15 is 0 Å². The van der Waals surface area contributed by atoms with Crippen molar-refractivity contribution in [2.45, 2.75) is 51.6 Å². The second kappa shape index (κ2) is 11.4. The van der Waals surface area contributed by atoms with Gasteiger partial charge in [0.25, 0.3) is 11.8 Å². The Morgan fingerprint density at radius 3 is 2.57 bits per heavy atom. The van der Waals surface area contributed by atoms with Crippen molar-refractivity contribution in [1.82, 2.24) is 24.9 Å². The van der Waals surface area contributed by atoms with Gasteiger partial charge in [-0.1, -0.05) is 23.7 Å². The van der Waals surface area contributed by atoms with Crippen molar-refractivity contribution in [3.63, 3.8) is 0 Å². The van der Waals surface area contributed by atoms with E-state index in [0.29, 0.717) is 23.2 Å². The Morgan fingerprint density at radius 1 is 1.21 bits per heavy atom. The quantitative estimate of drug-likeness (QED) is 0.457. The van der Waals surface area contributed by atoms with Gasteiger partial charge in [-0.15, -0.1) is 0 Å². The number of carbonyl (C=O) groups is 3. The molecule has 1 aromatic heterocycles. The summed E-state index contributed by atoms with van der Waals surface area (Å²) in [5, 5.41) is 16.9. The largest absolute Gasteiger partial charge is 0.435 e. The smallest absolute Gasteiger partial charge is 0.387 e. The average molecular weight is 597 g/mol. The highest BCUT2D eigenvalue weighted by Gasteiger charge is 2.43. The summed E-state index contributed by atoms with van der Waals surface area (Å²) in [6.45, 7) is 0.796.